The smallest absolute Gasteiger partial charge is 0.0192 e. The minimum absolute atomic E-state index is 0.410. The fourth-order valence-corrected chi connectivity index (χ4v) is 1.62. The summed E-state index contributed by atoms with van der Waals surface area (Å²) in [5, 5.41) is 3.33. The maximum Gasteiger partial charge on any atom is 0.0192 e. The first-order chi connectivity index (χ1) is 5.06. The van der Waals surface area contributed by atoms with Crippen LogP contribution < -0.4 is 5.32 Å². The fraction of sp³-hybridized carbons (Fsp3) is 1.00. The monoisotopic (exact) mass is 156 g/mol. The van der Waals surface area contributed by atoms with Gasteiger partial charge in [-0.2, -0.15) is 0 Å². The molecule has 1 N–H and O–H groups in total. The summed E-state index contributed by atoms with van der Waals surface area (Å²) in [6.07, 6.45) is 2.61. The van der Waals surface area contributed by atoms with Crippen molar-refractivity contribution in [2.75, 3.05) is 20.6 Å². The summed E-state index contributed by atoms with van der Waals surface area (Å²) in [7, 11) is 4.26. The third-order valence-corrected chi connectivity index (χ3v) is 3.04. The highest BCUT2D eigenvalue weighted by Gasteiger charge is 2.30. The molecule has 0 aromatic heterocycles. The molecule has 1 aliphatic rings. The van der Waals surface area contributed by atoms with E-state index in [9.17, 15) is 0 Å². The van der Waals surface area contributed by atoms with E-state index in [1.807, 2.05) is 0 Å². The fourth-order valence-electron chi connectivity index (χ4n) is 1.62. The summed E-state index contributed by atoms with van der Waals surface area (Å²) < 4.78 is 0. The number of nitrogens with zero attached hydrogens (tertiary/aromatic N) is 1. The molecule has 0 aromatic carbocycles. The van der Waals surface area contributed by atoms with Gasteiger partial charge in [0.05, 0.1) is 0 Å². The lowest BCUT2D eigenvalue weighted by Crippen LogP contribution is -2.52. The maximum absolute atomic E-state index is 3.33. The second-order valence-corrected chi connectivity index (χ2v) is 4.22. The van der Waals surface area contributed by atoms with Crippen molar-refractivity contribution in [3.8, 4) is 0 Å². The summed E-state index contributed by atoms with van der Waals surface area (Å²) in [6.45, 7) is 5.82. The van der Waals surface area contributed by atoms with Crippen LogP contribution in [0.15, 0.2) is 0 Å². The molecule has 1 saturated heterocycles. The lowest BCUT2D eigenvalue weighted by Gasteiger charge is -2.43. The number of nitrogens with one attached hydrogen (secondary N) is 1. The molecule has 66 valence electrons. The van der Waals surface area contributed by atoms with E-state index < -0.39 is 0 Å². The van der Waals surface area contributed by atoms with Crippen LogP contribution in [-0.2, 0) is 0 Å². The largest absolute Gasteiger partial charge is 0.316 e. The van der Waals surface area contributed by atoms with Crippen LogP contribution in [0.5, 0.6) is 0 Å². The lowest BCUT2D eigenvalue weighted by atomic mass is 9.89. The average molecular weight is 156 g/mol. The zero-order valence-electron chi connectivity index (χ0n) is 8.15. The molecule has 1 fully saturated rings. The van der Waals surface area contributed by atoms with Gasteiger partial charge in [0.1, 0.15) is 0 Å². The number of hydrogen-bond donors (Lipinski definition) is 1. The molecule has 0 amide bonds. The van der Waals surface area contributed by atoms with E-state index in [-0.39, 0.29) is 0 Å². The molecule has 1 rings (SSSR count). The van der Waals surface area contributed by atoms with Crippen molar-refractivity contribution in [2.45, 2.75) is 38.3 Å². The van der Waals surface area contributed by atoms with E-state index in [4.69, 9.17) is 0 Å². The molecule has 0 saturated carbocycles. The van der Waals surface area contributed by atoms with Crippen molar-refractivity contribution in [3.05, 3.63) is 0 Å². The second-order valence-electron chi connectivity index (χ2n) is 4.22. The number of piperidine rings is 1. The van der Waals surface area contributed by atoms with Crippen LogP contribution in [0, 0.1) is 0 Å². The van der Waals surface area contributed by atoms with Gasteiger partial charge in [-0.3, -0.25) is 4.90 Å². The normalized spacial score (nSPS) is 32.2. The van der Waals surface area contributed by atoms with Crippen LogP contribution in [0.25, 0.3) is 0 Å². The summed E-state index contributed by atoms with van der Waals surface area (Å²) in [5.41, 5.74) is 0.410. The molecule has 1 unspecified atom stereocenters. The van der Waals surface area contributed by atoms with Gasteiger partial charge in [-0.05, 0) is 40.8 Å². The molecule has 1 heterocycles. The van der Waals surface area contributed by atoms with Gasteiger partial charge in [0.25, 0.3) is 0 Å². The van der Waals surface area contributed by atoms with Gasteiger partial charge in [-0.25, -0.2) is 0 Å². The number of likely N-dealkylation sites (N-methyl/N-ethyl adjacent to an activating group) is 2. The van der Waals surface area contributed by atoms with Gasteiger partial charge in [-0.1, -0.05) is 0 Å². The van der Waals surface area contributed by atoms with E-state index in [1.54, 1.807) is 0 Å². The second kappa shape index (κ2) is 3.11. The topological polar surface area (TPSA) is 15.3 Å². The van der Waals surface area contributed by atoms with Gasteiger partial charge in [0.2, 0.25) is 0 Å². The Hall–Kier alpha value is -0.0800. The Bertz CT molecular complexity index is 132. The van der Waals surface area contributed by atoms with E-state index in [0.29, 0.717) is 11.6 Å². The quantitative estimate of drug-likeness (QED) is 0.611. The predicted octanol–water partition coefficient (Wildman–Crippen LogP) is 1.08. The third-order valence-electron chi connectivity index (χ3n) is 3.04. The van der Waals surface area contributed by atoms with Crippen LogP contribution in [0.1, 0.15) is 26.7 Å². The summed E-state index contributed by atoms with van der Waals surface area (Å²) in [6, 6.07) is 0.702. The summed E-state index contributed by atoms with van der Waals surface area (Å²) in [5.74, 6) is 0. The Morgan fingerprint density at radius 2 is 2.09 bits per heavy atom. The predicted molar refractivity (Wildman–Crippen MR) is 48.8 cm³/mol. The average Bonchev–Trinajstić information content (AvgIpc) is 1.95. The van der Waals surface area contributed by atoms with Crippen LogP contribution >= 0.6 is 0 Å². The Kier molecular flexibility index (Phi) is 2.55. The first-order valence-corrected chi connectivity index (χ1v) is 4.45. The minimum atomic E-state index is 0.410. The van der Waals surface area contributed by atoms with Crippen molar-refractivity contribution < 1.29 is 0 Å². The maximum atomic E-state index is 3.33. The third kappa shape index (κ3) is 1.94. The summed E-state index contributed by atoms with van der Waals surface area (Å²) >= 11 is 0. The van der Waals surface area contributed by atoms with Crippen LogP contribution in [0.4, 0.5) is 0 Å². The van der Waals surface area contributed by atoms with Crippen LogP contribution in [0.2, 0.25) is 0 Å². The van der Waals surface area contributed by atoms with Gasteiger partial charge >= 0.3 is 0 Å². The highest BCUT2D eigenvalue weighted by atomic mass is 15.2. The van der Waals surface area contributed by atoms with Gasteiger partial charge in [0, 0.05) is 18.1 Å². The number of hydrogen-bond acceptors (Lipinski definition) is 2. The Balaban J connectivity index is 2.48. The SMILES string of the molecule is CNC1CCC(C)(C)N(C)C1. The molecule has 2 nitrogen and oxygen atoms in total. The highest BCUT2D eigenvalue weighted by molar-refractivity contribution is 4.88. The van der Waals surface area contributed by atoms with Crippen molar-refractivity contribution >= 4 is 0 Å². The molecule has 11 heavy (non-hydrogen) atoms. The molecule has 0 radical (unpaired) electrons. The minimum Gasteiger partial charge on any atom is -0.316 e. The zero-order chi connectivity index (χ0) is 8.48. The molecule has 1 atom stereocenters. The number of likely N-dealkylation sites (tertiary alicyclic amines) is 1. The van der Waals surface area contributed by atoms with Gasteiger partial charge in [0.15, 0.2) is 0 Å². The van der Waals surface area contributed by atoms with Gasteiger partial charge in [-0.15, -0.1) is 0 Å². The first-order valence-electron chi connectivity index (χ1n) is 4.45. The standard InChI is InChI=1S/C9H20N2/c1-9(2)6-5-8(10-3)7-11(9)4/h8,10H,5-7H2,1-4H3. The molecular weight excluding hydrogens is 136 g/mol. The Labute approximate surface area is 70.0 Å². The molecule has 0 aliphatic carbocycles. The first kappa shape index (κ1) is 9.01. The Morgan fingerprint density at radius 1 is 1.45 bits per heavy atom. The Morgan fingerprint density at radius 3 is 2.55 bits per heavy atom. The van der Waals surface area contributed by atoms with E-state index in [0.717, 1.165) is 0 Å². The molecule has 0 bridgehead atoms. The van der Waals surface area contributed by atoms with Crippen molar-refractivity contribution in [2.24, 2.45) is 0 Å². The van der Waals surface area contributed by atoms with E-state index >= 15 is 0 Å². The molecule has 0 spiro atoms. The van der Waals surface area contributed by atoms with E-state index in [1.165, 1.54) is 19.4 Å². The van der Waals surface area contributed by atoms with Gasteiger partial charge < -0.3 is 5.32 Å². The van der Waals surface area contributed by atoms with Crippen LogP contribution in [-0.4, -0.2) is 37.1 Å². The molecule has 0 aromatic rings. The van der Waals surface area contributed by atoms with Crippen molar-refractivity contribution in [1.29, 1.82) is 0 Å². The van der Waals surface area contributed by atoms with E-state index in [2.05, 4.69) is 38.2 Å². The zero-order valence-corrected chi connectivity index (χ0v) is 8.15. The molecule has 2 heteroatoms. The van der Waals surface area contributed by atoms with Crippen LogP contribution in [0.3, 0.4) is 0 Å². The number of rotatable bonds is 1. The lowest BCUT2D eigenvalue weighted by molar-refractivity contribution is 0.0873. The summed E-state index contributed by atoms with van der Waals surface area (Å²) in [4.78, 5) is 2.44. The molecular formula is C9H20N2. The molecule has 1 aliphatic heterocycles. The van der Waals surface area contributed by atoms with Crippen molar-refractivity contribution in [3.63, 3.8) is 0 Å². The van der Waals surface area contributed by atoms with Crippen molar-refractivity contribution in [1.82, 2.24) is 10.2 Å². The highest BCUT2D eigenvalue weighted by Crippen LogP contribution is 2.25.